The van der Waals surface area contributed by atoms with Crippen molar-refractivity contribution < 1.29 is 4.74 Å². The van der Waals surface area contributed by atoms with Crippen molar-refractivity contribution in [3.8, 4) is 5.75 Å². The van der Waals surface area contributed by atoms with Crippen molar-refractivity contribution >= 4 is 0 Å². The highest BCUT2D eigenvalue weighted by molar-refractivity contribution is 5.50. The van der Waals surface area contributed by atoms with Gasteiger partial charge in [0.05, 0.1) is 7.11 Å². The smallest absolute Gasteiger partial charge is 0.126 e. The average Bonchev–Trinajstić information content (AvgIpc) is 2.28. The van der Waals surface area contributed by atoms with E-state index in [-0.39, 0.29) is 0 Å². The van der Waals surface area contributed by atoms with Crippen LogP contribution in [0.15, 0.2) is 30.9 Å². The molecular weight excluding hydrogens is 184 g/mol. The Morgan fingerprint density at radius 1 is 1.47 bits per heavy atom. The number of rotatable bonds is 5. The van der Waals surface area contributed by atoms with Crippen molar-refractivity contribution in [1.29, 1.82) is 0 Å². The van der Waals surface area contributed by atoms with Gasteiger partial charge < -0.3 is 4.74 Å². The Bertz CT molecular complexity index is 328. The minimum atomic E-state index is 0.997. The molecule has 0 N–H and O–H groups in total. The lowest BCUT2D eigenvalue weighted by Gasteiger charge is -2.15. The van der Waals surface area contributed by atoms with E-state index in [1.807, 2.05) is 6.08 Å². The molecule has 81 valence electrons. The number of benzene rings is 1. The SMILES string of the molecule is C=C[C](C)c1cccc(CCC)c1OC. The molecule has 15 heavy (non-hydrogen) atoms. The first kappa shape index (κ1) is 11.8. The molecule has 0 unspecified atom stereocenters. The van der Waals surface area contributed by atoms with E-state index >= 15 is 0 Å². The molecule has 0 fully saturated rings. The van der Waals surface area contributed by atoms with Crippen molar-refractivity contribution in [2.75, 3.05) is 7.11 Å². The Morgan fingerprint density at radius 2 is 2.20 bits per heavy atom. The molecule has 0 atom stereocenters. The summed E-state index contributed by atoms with van der Waals surface area (Å²) in [5, 5.41) is 0. The van der Waals surface area contributed by atoms with E-state index in [1.165, 1.54) is 5.56 Å². The summed E-state index contributed by atoms with van der Waals surface area (Å²) in [4.78, 5) is 0. The number of allylic oxidation sites excluding steroid dienone is 1. The molecule has 0 bridgehead atoms. The molecule has 0 aliphatic carbocycles. The number of methoxy groups -OCH3 is 1. The topological polar surface area (TPSA) is 9.23 Å². The van der Waals surface area contributed by atoms with Crippen LogP contribution >= 0.6 is 0 Å². The van der Waals surface area contributed by atoms with Crippen molar-refractivity contribution in [2.24, 2.45) is 0 Å². The zero-order chi connectivity index (χ0) is 11.3. The van der Waals surface area contributed by atoms with Crippen LogP contribution in [0.5, 0.6) is 5.75 Å². The number of para-hydroxylation sites is 1. The van der Waals surface area contributed by atoms with Crippen molar-refractivity contribution in [1.82, 2.24) is 0 Å². The largest absolute Gasteiger partial charge is 0.496 e. The van der Waals surface area contributed by atoms with Crippen LogP contribution in [-0.4, -0.2) is 7.11 Å². The van der Waals surface area contributed by atoms with Crippen LogP contribution < -0.4 is 4.74 Å². The van der Waals surface area contributed by atoms with Crippen LogP contribution in [0.2, 0.25) is 0 Å². The highest BCUT2D eigenvalue weighted by Gasteiger charge is 2.12. The van der Waals surface area contributed by atoms with Gasteiger partial charge >= 0.3 is 0 Å². The molecule has 1 heteroatoms. The maximum Gasteiger partial charge on any atom is 0.126 e. The second kappa shape index (κ2) is 5.59. The van der Waals surface area contributed by atoms with Crippen LogP contribution in [0.3, 0.4) is 0 Å². The minimum absolute atomic E-state index is 0.997. The van der Waals surface area contributed by atoms with Gasteiger partial charge in [0, 0.05) is 11.5 Å². The molecular formula is C14H19O. The first-order valence-electron chi connectivity index (χ1n) is 5.36. The zero-order valence-electron chi connectivity index (χ0n) is 9.84. The highest BCUT2D eigenvalue weighted by Crippen LogP contribution is 2.30. The van der Waals surface area contributed by atoms with Gasteiger partial charge in [0.2, 0.25) is 0 Å². The maximum absolute atomic E-state index is 5.48. The Morgan fingerprint density at radius 3 is 2.73 bits per heavy atom. The predicted octanol–water partition coefficient (Wildman–Crippen LogP) is 3.78. The van der Waals surface area contributed by atoms with Gasteiger partial charge in [-0.1, -0.05) is 44.5 Å². The lowest BCUT2D eigenvalue weighted by molar-refractivity contribution is 0.406. The number of hydrogen-bond donors (Lipinski definition) is 0. The number of hydrogen-bond acceptors (Lipinski definition) is 1. The molecule has 1 nitrogen and oxygen atoms in total. The first-order chi connectivity index (χ1) is 7.24. The molecule has 1 radical (unpaired) electrons. The first-order valence-corrected chi connectivity index (χ1v) is 5.36. The van der Waals surface area contributed by atoms with Crippen LogP contribution in [0.25, 0.3) is 0 Å². The van der Waals surface area contributed by atoms with Crippen LogP contribution in [0.1, 0.15) is 31.4 Å². The predicted molar refractivity (Wildman–Crippen MR) is 65.2 cm³/mol. The van der Waals surface area contributed by atoms with Crippen molar-refractivity contribution in [2.45, 2.75) is 26.7 Å². The monoisotopic (exact) mass is 203 g/mol. The second-order valence-corrected chi connectivity index (χ2v) is 3.64. The molecule has 0 saturated carbocycles. The molecule has 0 aliphatic heterocycles. The molecule has 0 spiro atoms. The maximum atomic E-state index is 5.48. The van der Waals surface area contributed by atoms with E-state index in [4.69, 9.17) is 4.74 Å². The quantitative estimate of drug-likeness (QED) is 0.707. The lowest BCUT2D eigenvalue weighted by atomic mass is 9.96. The Kier molecular flexibility index (Phi) is 4.41. The Balaban J connectivity index is 3.15. The zero-order valence-corrected chi connectivity index (χ0v) is 9.84. The van der Waals surface area contributed by atoms with Gasteiger partial charge in [-0.05, 0) is 12.0 Å². The summed E-state index contributed by atoms with van der Waals surface area (Å²) < 4.78 is 5.48. The summed E-state index contributed by atoms with van der Waals surface area (Å²) in [5.74, 6) is 2.15. The Hall–Kier alpha value is -1.24. The number of ether oxygens (including phenoxy) is 1. The van der Waals surface area contributed by atoms with Gasteiger partial charge in [-0.2, -0.15) is 0 Å². The van der Waals surface area contributed by atoms with E-state index in [2.05, 4.69) is 38.6 Å². The summed E-state index contributed by atoms with van der Waals surface area (Å²) >= 11 is 0. The Labute approximate surface area is 92.8 Å². The lowest BCUT2D eigenvalue weighted by Crippen LogP contribution is -1.99. The normalized spacial score (nSPS) is 10.4. The summed E-state index contributed by atoms with van der Waals surface area (Å²) in [6, 6.07) is 6.28. The van der Waals surface area contributed by atoms with Crippen molar-refractivity contribution in [3.05, 3.63) is 47.9 Å². The standard InChI is InChI=1S/C14H19O/c1-5-8-12-9-7-10-13(11(3)6-2)14(12)15-4/h6-7,9-10H,2,5,8H2,1,3-4H3. The van der Waals surface area contributed by atoms with Crippen LogP contribution in [-0.2, 0) is 6.42 Å². The van der Waals surface area contributed by atoms with Gasteiger partial charge in [0.1, 0.15) is 5.75 Å². The molecule has 1 rings (SSSR count). The summed E-state index contributed by atoms with van der Waals surface area (Å²) in [6.07, 6.45) is 4.06. The highest BCUT2D eigenvalue weighted by atomic mass is 16.5. The van der Waals surface area contributed by atoms with Gasteiger partial charge in [0.25, 0.3) is 0 Å². The molecule has 0 heterocycles. The third kappa shape index (κ3) is 2.62. The molecule has 0 saturated heterocycles. The second-order valence-electron chi connectivity index (χ2n) is 3.64. The fourth-order valence-electron chi connectivity index (χ4n) is 1.71. The van der Waals surface area contributed by atoms with Crippen LogP contribution in [0, 0.1) is 5.92 Å². The molecule has 1 aromatic rings. The van der Waals surface area contributed by atoms with E-state index in [9.17, 15) is 0 Å². The third-order valence-corrected chi connectivity index (χ3v) is 2.55. The molecule has 1 aromatic carbocycles. The van der Waals surface area contributed by atoms with E-state index < -0.39 is 0 Å². The molecule has 0 amide bonds. The van der Waals surface area contributed by atoms with E-state index in [0.29, 0.717) is 0 Å². The molecule has 0 aromatic heterocycles. The third-order valence-electron chi connectivity index (χ3n) is 2.55. The average molecular weight is 203 g/mol. The van der Waals surface area contributed by atoms with Gasteiger partial charge in [-0.3, -0.25) is 0 Å². The fraction of sp³-hybridized carbons (Fsp3) is 0.357. The molecule has 0 aliphatic rings. The summed E-state index contributed by atoms with van der Waals surface area (Å²) in [5.41, 5.74) is 2.43. The van der Waals surface area contributed by atoms with E-state index in [0.717, 1.165) is 30.1 Å². The van der Waals surface area contributed by atoms with Gasteiger partial charge in [0.15, 0.2) is 0 Å². The van der Waals surface area contributed by atoms with Gasteiger partial charge in [-0.25, -0.2) is 0 Å². The number of aryl methyl sites for hydroxylation is 1. The van der Waals surface area contributed by atoms with Crippen molar-refractivity contribution in [3.63, 3.8) is 0 Å². The van der Waals surface area contributed by atoms with E-state index in [1.54, 1.807) is 7.11 Å². The fourth-order valence-corrected chi connectivity index (χ4v) is 1.71. The summed E-state index contributed by atoms with van der Waals surface area (Å²) in [6.45, 7) is 8.03. The summed E-state index contributed by atoms with van der Waals surface area (Å²) in [7, 11) is 1.73. The van der Waals surface area contributed by atoms with Crippen LogP contribution in [0.4, 0.5) is 0 Å². The minimum Gasteiger partial charge on any atom is -0.496 e. The van der Waals surface area contributed by atoms with Gasteiger partial charge in [-0.15, -0.1) is 6.58 Å².